The van der Waals surface area contributed by atoms with E-state index in [1.54, 1.807) is 0 Å². The molecule has 0 rings (SSSR count). The number of hydrogen-bond acceptors (Lipinski definition) is 1. The van der Waals surface area contributed by atoms with E-state index in [4.69, 9.17) is 5.73 Å². The molecule has 1 unspecified atom stereocenters. The molecule has 0 saturated heterocycles. The molecule has 3 heteroatoms. The van der Waals surface area contributed by atoms with E-state index in [2.05, 4.69) is 27.6 Å². The highest BCUT2D eigenvalue weighted by molar-refractivity contribution is 4.69. The van der Waals surface area contributed by atoms with Gasteiger partial charge < -0.3 is 16.9 Å². The molecule has 0 saturated carbocycles. The van der Waals surface area contributed by atoms with Gasteiger partial charge in [0, 0.05) is 6.42 Å². The number of hydrogen-bond donors (Lipinski definition) is 1. The molecule has 0 aromatic rings. The molecule has 92 valence electrons. The van der Waals surface area contributed by atoms with Gasteiger partial charge in [0.1, 0.15) is 6.17 Å². The van der Waals surface area contributed by atoms with Gasteiger partial charge in [0.15, 0.2) is 0 Å². The van der Waals surface area contributed by atoms with E-state index in [0.29, 0.717) is 0 Å². The quantitative estimate of drug-likeness (QED) is 0.261. The van der Waals surface area contributed by atoms with Gasteiger partial charge in [-0.1, -0.05) is 25.8 Å². The Morgan fingerprint density at radius 3 is 2.33 bits per heavy atom. The Morgan fingerprint density at radius 2 is 1.87 bits per heavy atom. The van der Waals surface area contributed by atoms with Gasteiger partial charge in [0.2, 0.25) is 0 Å². The molecule has 2 N–H and O–H groups in total. The second-order valence-corrected chi connectivity index (χ2v) is 4.65. The molecule has 0 fully saturated rings. The predicted octanol–water partition coefficient (Wildman–Crippen LogP) is -0.492. The second kappa shape index (κ2) is 9.20. The van der Waals surface area contributed by atoms with Crippen molar-refractivity contribution in [1.29, 1.82) is 0 Å². The molecule has 1 atom stereocenters. The van der Waals surface area contributed by atoms with Crippen LogP contribution in [0.2, 0.25) is 0 Å². The fraction of sp³-hybridized carbons (Fsp3) is 0.833. The summed E-state index contributed by atoms with van der Waals surface area (Å²) in [4.78, 5) is 0. The molecular weight excluding hydrogens is 208 g/mol. The van der Waals surface area contributed by atoms with Crippen LogP contribution >= 0.6 is 0 Å². The van der Waals surface area contributed by atoms with Crippen LogP contribution in [0.25, 0.3) is 0 Å². The normalized spacial score (nSPS) is 13.1. The van der Waals surface area contributed by atoms with Gasteiger partial charge in [-0.2, -0.15) is 0 Å². The lowest BCUT2D eigenvalue weighted by Crippen LogP contribution is -3.00. The standard InChI is InChI=1S/C12H27N2.ClH/c1-5-7-8-9-11-14(3,4)12(13)10-6-2;/h6,12H,2,5,7-11,13H2,1,3-4H3;1H/q+1;/p-1. The van der Waals surface area contributed by atoms with Crippen molar-refractivity contribution in [3.05, 3.63) is 12.7 Å². The van der Waals surface area contributed by atoms with E-state index in [-0.39, 0.29) is 18.6 Å². The molecule has 0 amide bonds. The van der Waals surface area contributed by atoms with Crippen LogP contribution < -0.4 is 18.1 Å². The fourth-order valence-electron chi connectivity index (χ4n) is 1.57. The van der Waals surface area contributed by atoms with E-state index in [1.165, 1.54) is 32.2 Å². The largest absolute Gasteiger partial charge is 1.00 e. The summed E-state index contributed by atoms with van der Waals surface area (Å²) in [5.74, 6) is 0. The molecule has 0 radical (unpaired) electrons. The van der Waals surface area contributed by atoms with Crippen LogP contribution in [-0.4, -0.2) is 31.3 Å². The number of halogens is 1. The van der Waals surface area contributed by atoms with E-state index < -0.39 is 0 Å². The van der Waals surface area contributed by atoms with Crippen LogP contribution in [0.5, 0.6) is 0 Å². The third kappa shape index (κ3) is 7.83. The summed E-state index contributed by atoms with van der Waals surface area (Å²) in [7, 11) is 4.42. The van der Waals surface area contributed by atoms with E-state index in [9.17, 15) is 0 Å². The summed E-state index contributed by atoms with van der Waals surface area (Å²) in [6, 6.07) is 0. The van der Waals surface area contributed by atoms with Gasteiger partial charge in [0.25, 0.3) is 0 Å². The first-order chi connectivity index (χ1) is 6.54. The van der Waals surface area contributed by atoms with Crippen LogP contribution in [-0.2, 0) is 0 Å². The third-order valence-corrected chi connectivity index (χ3v) is 2.89. The molecule has 0 bridgehead atoms. The van der Waals surface area contributed by atoms with Gasteiger partial charge in [0.05, 0.1) is 20.6 Å². The monoisotopic (exact) mass is 234 g/mol. The van der Waals surface area contributed by atoms with Crippen LogP contribution in [0, 0.1) is 0 Å². The summed E-state index contributed by atoms with van der Waals surface area (Å²) >= 11 is 0. The minimum absolute atomic E-state index is 0. The minimum Gasteiger partial charge on any atom is -1.00 e. The van der Waals surface area contributed by atoms with Crippen LogP contribution in [0.1, 0.15) is 39.0 Å². The zero-order valence-corrected chi connectivity index (χ0v) is 11.3. The highest BCUT2D eigenvalue weighted by Crippen LogP contribution is 2.10. The lowest BCUT2D eigenvalue weighted by molar-refractivity contribution is -0.914. The Bertz CT molecular complexity index is 158. The SMILES string of the molecule is C=CCC(N)[N+](C)(C)CCCCCC.[Cl-]. The van der Waals surface area contributed by atoms with Crippen molar-refractivity contribution in [1.82, 2.24) is 0 Å². The molecule has 0 aliphatic heterocycles. The van der Waals surface area contributed by atoms with Gasteiger partial charge in [-0.15, -0.1) is 6.58 Å². The lowest BCUT2D eigenvalue weighted by atomic mass is 10.1. The van der Waals surface area contributed by atoms with Crippen molar-refractivity contribution in [2.75, 3.05) is 20.6 Å². The molecule has 0 aliphatic rings. The third-order valence-electron chi connectivity index (χ3n) is 2.89. The Kier molecular flexibility index (Phi) is 10.6. The maximum atomic E-state index is 6.08. The average molecular weight is 235 g/mol. The van der Waals surface area contributed by atoms with Crippen LogP contribution in [0.3, 0.4) is 0 Å². The first-order valence-electron chi connectivity index (χ1n) is 5.73. The van der Waals surface area contributed by atoms with E-state index >= 15 is 0 Å². The maximum absolute atomic E-state index is 6.08. The van der Waals surface area contributed by atoms with Crippen molar-refractivity contribution >= 4 is 0 Å². The van der Waals surface area contributed by atoms with Gasteiger partial charge in [-0.05, 0) is 12.8 Å². The molecule has 0 spiro atoms. The Hall–Kier alpha value is -0.0500. The zero-order chi connectivity index (χ0) is 11.0. The van der Waals surface area contributed by atoms with Crippen molar-refractivity contribution in [3.63, 3.8) is 0 Å². The summed E-state index contributed by atoms with van der Waals surface area (Å²) < 4.78 is 0.912. The number of unbranched alkanes of at least 4 members (excludes halogenated alkanes) is 3. The topological polar surface area (TPSA) is 26.0 Å². The van der Waals surface area contributed by atoms with Gasteiger partial charge in [-0.3, -0.25) is 5.73 Å². The minimum atomic E-state index is 0. The Labute approximate surface area is 102 Å². The summed E-state index contributed by atoms with van der Waals surface area (Å²) in [6.07, 6.45) is 8.28. The fourth-order valence-corrected chi connectivity index (χ4v) is 1.57. The first kappa shape index (κ1) is 17.3. The van der Waals surface area contributed by atoms with E-state index in [0.717, 1.165) is 10.9 Å². The Morgan fingerprint density at radius 1 is 1.27 bits per heavy atom. The summed E-state index contributed by atoms with van der Waals surface area (Å²) in [5.41, 5.74) is 6.08. The molecule has 15 heavy (non-hydrogen) atoms. The Balaban J connectivity index is 0. The first-order valence-corrected chi connectivity index (χ1v) is 5.73. The molecule has 0 aromatic heterocycles. The van der Waals surface area contributed by atoms with Gasteiger partial charge in [-0.25, -0.2) is 0 Å². The number of nitrogens with two attached hydrogens (primary N) is 1. The predicted molar refractivity (Wildman–Crippen MR) is 63.9 cm³/mol. The molecule has 0 aromatic carbocycles. The van der Waals surface area contributed by atoms with Crippen molar-refractivity contribution in [2.24, 2.45) is 5.73 Å². The van der Waals surface area contributed by atoms with E-state index in [1.807, 2.05) is 6.08 Å². The van der Waals surface area contributed by atoms with Crippen molar-refractivity contribution in [2.45, 2.75) is 45.2 Å². The summed E-state index contributed by atoms with van der Waals surface area (Å²) in [5, 5.41) is 0. The smallest absolute Gasteiger partial charge is 0.143 e. The second-order valence-electron chi connectivity index (χ2n) is 4.65. The van der Waals surface area contributed by atoms with Crippen LogP contribution in [0.15, 0.2) is 12.7 Å². The zero-order valence-electron chi connectivity index (χ0n) is 10.5. The summed E-state index contributed by atoms with van der Waals surface area (Å²) in [6.45, 7) is 7.15. The average Bonchev–Trinajstić information content (AvgIpc) is 2.13. The van der Waals surface area contributed by atoms with Crippen molar-refractivity contribution in [3.8, 4) is 0 Å². The lowest BCUT2D eigenvalue weighted by Gasteiger charge is -2.35. The van der Waals surface area contributed by atoms with Crippen LogP contribution in [0.4, 0.5) is 0 Å². The number of quaternary nitrogens is 1. The van der Waals surface area contributed by atoms with Crippen molar-refractivity contribution < 1.29 is 16.9 Å². The number of nitrogens with zero attached hydrogens (tertiary/aromatic N) is 1. The van der Waals surface area contributed by atoms with Gasteiger partial charge >= 0.3 is 0 Å². The molecule has 0 aliphatic carbocycles. The molecular formula is C12H27ClN2. The maximum Gasteiger partial charge on any atom is 0.143 e. The molecule has 2 nitrogen and oxygen atoms in total. The highest BCUT2D eigenvalue weighted by atomic mass is 35.5. The number of rotatable bonds is 8. The highest BCUT2D eigenvalue weighted by Gasteiger charge is 2.22. The molecule has 0 heterocycles.